The maximum atomic E-state index is 13.5. The molecule has 2 amide bonds. The Kier molecular flexibility index (Phi) is 10.9. The number of carboxylic acids is 1. The number of ether oxygens (including phenoxy) is 2. The fourth-order valence-electron chi connectivity index (χ4n) is 4.40. The lowest BCUT2D eigenvalue weighted by atomic mass is 10.0. The number of halogens is 2. The molecule has 3 aromatic carbocycles. The Balaban J connectivity index is 1.36. The first-order valence-electron chi connectivity index (χ1n) is 14.2. The van der Waals surface area contributed by atoms with Crippen LogP contribution in [0.3, 0.4) is 0 Å². The minimum Gasteiger partial charge on any atom is -0.493 e. The molecule has 0 radical (unpaired) electrons. The summed E-state index contributed by atoms with van der Waals surface area (Å²) < 4.78 is 43.8. The second-order valence-electron chi connectivity index (χ2n) is 10.4. The lowest BCUT2D eigenvalue weighted by molar-refractivity contribution is -0.136. The number of aryl methyl sites for hydroxylation is 2. The topological polar surface area (TPSA) is 140 Å². The summed E-state index contributed by atoms with van der Waals surface area (Å²) in [6.45, 7) is 5.69. The molecule has 45 heavy (non-hydrogen) atoms. The van der Waals surface area contributed by atoms with Gasteiger partial charge < -0.3 is 29.6 Å². The third-order valence-corrected chi connectivity index (χ3v) is 6.57. The van der Waals surface area contributed by atoms with E-state index in [9.17, 15) is 23.2 Å². The van der Waals surface area contributed by atoms with E-state index < -0.39 is 29.6 Å². The summed E-state index contributed by atoms with van der Waals surface area (Å²) in [6.07, 6.45) is -0.168. The number of aliphatic carboxylic acids is 1. The number of hydrogen-bond donors (Lipinski definition) is 3. The van der Waals surface area contributed by atoms with Crippen LogP contribution in [0.25, 0.3) is 11.5 Å². The molecule has 0 spiro atoms. The lowest BCUT2D eigenvalue weighted by Crippen LogP contribution is -2.26. The lowest BCUT2D eigenvalue weighted by Gasteiger charge is -2.14. The molecule has 10 nitrogen and oxygen atoms in total. The maximum absolute atomic E-state index is 13.5. The van der Waals surface area contributed by atoms with Crippen LogP contribution in [0.4, 0.5) is 19.3 Å². The summed E-state index contributed by atoms with van der Waals surface area (Å²) in [7, 11) is 0. The Morgan fingerprint density at radius 1 is 0.956 bits per heavy atom. The van der Waals surface area contributed by atoms with Crippen LogP contribution in [-0.2, 0) is 28.9 Å². The highest BCUT2D eigenvalue weighted by molar-refractivity contribution is 6.04. The summed E-state index contributed by atoms with van der Waals surface area (Å²) in [5, 5.41) is 14.4. The Hall–Kier alpha value is -5.26. The third-order valence-electron chi connectivity index (χ3n) is 6.57. The average molecular weight is 622 g/mol. The summed E-state index contributed by atoms with van der Waals surface area (Å²) in [5.74, 6) is -1.73. The number of rotatable bonds is 13. The van der Waals surface area contributed by atoms with E-state index in [1.54, 1.807) is 63.2 Å². The van der Waals surface area contributed by atoms with Gasteiger partial charge >= 0.3 is 12.1 Å². The molecule has 0 aliphatic heterocycles. The van der Waals surface area contributed by atoms with Crippen molar-refractivity contribution in [3.63, 3.8) is 0 Å². The number of oxazole rings is 1. The highest BCUT2D eigenvalue weighted by Crippen LogP contribution is 2.25. The highest BCUT2D eigenvalue weighted by atomic mass is 19.1. The number of nitrogens with zero attached hydrogens (tertiary/aromatic N) is 1. The number of alkyl carbamates (subject to hydrolysis) is 1. The van der Waals surface area contributed by atoms with E-state index >= 15 is 0 Å². The van der Waals surface area contributed by atoms with Crippen LogP contribution < -0.4 is 15.4 Å². The Morgan fingerprint density at radius 2 is 1.67 bits per heavy atom. The van der Waals surface area contributed by atoms with E-state index in [-0.39, 0.29) is 31.2 Å². The first-order valence-corrected chi connectivity index (χ1v) is 14.2. The third kappa shape index (κ3) is 9.62. The fraction of sp³-hybridized carbons (Fsp3) is 0.273. The van der Waals surface area contributed by atoms with Gasteiger partial charge in [-0.25, -0.2) is 18.6 Å². The van der Waals surface area contributed by atoms with E-state index in [1.807, 2.05) is 0 Å². The summed E-state index contributed by atoms with van der Waals surface area (Å²) in [6, 6.07) is 14.5. The van der Waals surface area contributed by atoms with Crippen LogP contribution in [0, 0.1) is 18.6 Å². The van der Waals surface area contributed by atoms with Gasteiger partial charge in [0.05, 0.1) is 18.4 Å². The Labute approximate surface area is 258 Å². The number of benzene rings is 3. The van der Waals surface area contributed by atoms with E-state index in [1.165, 1.54) is 0 Å². The molecule has 0 unspecified atom stereocenters. The molecule has 0 saturated carbocycles. The van der Waals surface area contributed by atoms with Crippen LogP contribution in [-0.4, -0.2) is 40.8 Å². The van der Waals surface area contributed by atoms with Crippen molar-refractivity contribution >= 4 is 23.7 Å². The summed E-state index contributed by atoms with van der Waals surface area (Å²) >= 11 is 0. The first kappa shape index (κ1) is 32.6. The van der Waals surface area contributed by atoms with Crippen LogP contribution in [0.2, 0.25) is 0 Å². The van der Waals surface area contributed by atoms with Gasteiger partial charge in [0, 0.05) is 42.3 Å². The van der Waals surface area contributed by atoms with Gasteiger partial charge in [-0.2, -0.15) is 0 Å². The normalized spacial score (nSPS) is 10.9. The van der Waals surface area contributed by atoms with Crippen molar-refractivity contribution in [3.05, 3.63) is 100 Å². The van der Waals surface area contributed by atoms with Crippen molar-refractivity contribution in [2.24, 2.45) is 0 Å². The number of hydrogen-bond acceptors (Lipinski definition) is 7. The first-order chi connectivity index (χ1) is 21.5. The molecule has 4 aromatic rings. The second-order valence-corrected chi connectivity index (χ2v) is 10.4. The second kappa shape index (κ2) is 15.0. The van der Waals surface area contributed by atoms with Crippen molar-refractivity contribution in [2.75, 3.05) is 11.9 Å². The number of aromatic nitrogens is 1. The van der Waals surface area contributed by atoms with Crippen LogP contribution in [0.15, 0.2) is 65.1 Å². The Morgan fingerprint density at radius 3 is 2.33 bits per heavy atom. The highest BCUT2D eigenvalue weighted by Gasteiger charge is 2.15. The smallest absolute Gasteiger partial charge is 0.407 e. The van der Waals surface area contributed by atoms with Gasteiger partial charge in [-0.05, 0) is 86.8 Å². The van der Waals surface area contributed by atoms with Gasteiger partial charge in [-0.15, -0.1) is 0 Å². The molecule has 0 saturated heterocycles. The number of anilines is 1. The molecular weight excluding hydrogens is 588 g/mol. The van der Waals surface area contributed by atoms with Crippen molar-refractivity contribution in [1.29, 1.82) is 0 Å². The molecule has 0 fully saturated rings. The predicted molar refractivity (Wildman–Crippen MR) is 161 cm³/mol. The zero-order chi connectivity index (χ0) is 32.5. The van der Waals surface area contributed by atoms with E-state index in [0.717, 1.165) is 23.3 Å². The molecule has 0 bridgehead atoms. The van der Waals surface area contributed by atoms with Gasteiger partial charge in [0.1, 0.15) is 23.1 Å². The van der Waals surface area contributed by atoms with Gasteiger partial charge in [0.25, 0.3) is 5.91 Å². The molecular formula is C33H33F2N3O7. The van der Waals surface area contributed by atoms with E-state index in [0.29, 0.717) is 53.3 Å². The molecule has 1 heterocycles. The number of carbonyl (C=O) groups is 3. The molecule has 0 aliphatic carbocycles. The summed E-state index contributed by atoms with van der Waals surface area (Å²) in [5.41, 5.74) is 3.12. The SMILES string of the molecule is Cc1oc(-c2ccc(NC(=O)c3cc(F)cc(F)c3)cc2)nc1CCOc1ccc(CCC(=O)O)c(CNC(=O)OC(C)C)c1. The van der Waals surface area contributed by atoms with Crippen LogP contribution in [0.1, 0.15) is 53.2 Å². The average Bonchev–Trinajstić information content (AvgIpc) is 3.35. The number of carboxylic acid groups (broad SMARTS) is 1. The van der Waals surface area contributed by atoms with Crippen LogP contribution >= 0.6 is 0 Å². The van der Waals surface area contributed by atoms with Crippen LogP contribution in [0.5, 0.6) is 5.75 Å². The molecule has 0 aliphatic rings. The quantitative estimate of drug-likeness (QED) is 0.155. The van der Waals surface area contributed by atoms with Crippen molar-refractivity contribution in [3.8, 4) is 17.2 Å². The molecule has 1 aromatic heterocycles. The molecule has 3 N–H and O–H groups in total. The summed E-state index contributed by atoms with van der Waals surface area (Å²) in [4.78, 5) is 40.0. The van der Waals surface area contributed by atoms with Gasteiger partial charge in [0.2, 0.25) is 5.89 Å². The zero-order valence-corrected chi connectivity index (χ0v) is 25.0. The Bertz CT molecular complexity index is 1650. The minimum absolute atomic E-state index is 0.0507. The standard InChI is InChI=1S/C33H33F2N3O7/c1-19(2)44-33(42)36-18-24-16-28(10-6-21(24)7-11-30(39)40)43-13-12-29-20(3)45-32(38-29)22-4-8-27(9-5-22)37-31(41)23-14-25(34)17-26(35)15-23/h4-6,8-10,14-17,19H,7,11-13,18H2,1-3H3,(H,36,42)(H,37,41)(H,39,40). The number of carbonyl (C=O) groups excluding carboxylic acids is 2. The number of amides is 2. The van der Waals surface area contributed by atoms with Crippen molar-refractivity contribution < 1.29 is 42.2 Å². The zero-order valence-electron chi connectivity index (χ0n) is 25.0. The molecule has 4 rings (SSSR count). The van der Waals surface area contributed by atoms with E-state index in [2.05, 4.69) is 15.6 Å². The predicted octanol–water partition coefficient (Wildman–Crippen LogP) is 6.45. The van der Waals surface area contributed by atoms with Crippen molar-refractivity contribution in [1.82, 2.24) is 10.3 Å². The monoisotopic (exact) mass is 621 g/mol. The van der Waals surface area contributed by atoms with Gasteiger partial charge in [-0.1, -0.05) is 6.07 Å². The van der Waals surface area contributed by atoms with Gasteiger partial charge in [-0.3, -0.25) is 9.59 Å². The molecule has 12 heteroatoms. The molecule has 0 atom stereocenters. The minimum atomic E-state index is -0.919. The number of nitrogens with one attached hydrogen (secondary N) is 2. The van der Waals surface area contributed by atoms with E-state index in [4.69, 9.17) is 19.0 Å². The van der Waals surface area contributed by atoms with Gasteiger partial charge in [0.15, 0.2) is 0 Å². The fourth-order valence-corrected chi connectivity index (χ4v) is 4.40. The largest absolute Gasteiger partial charge is 0.493 e. The van der Waals surface area contributed by atoms with Crippen molar-refractivity contribution in [2.45, 2.75) is 52.7 Å². The maximum Gasteiger partial charge on any atom is 0.407 e. The molecule has 236 valence electrons.